The number of hydrogen-bond donors (Lipinski definition) is 0. The van der Waals surface area contributed by atoms with Crippen LogP contribution in [0.3, 0.4) is 0 Å². The standard InChI is InChI=1S/C4H6NO3/c6-4-2-1-3-5(7)8/h3-4H,1-2H2. The second kappa shape index (κ2) is 4.23. The summed E-state index contributed by atoms with van der Waals surface area (Å²) in [4.78, 5) is 18.5. The Balaban J connectivity index is 2.93. The molecule has 1 radical (unpaired) electrons. The maximum absolute atomic E-state index is 9.54. The Hall–Kier alpha value is -0.930. The molecule has 0 aromatic carbocycles. The largest absolute Gasteiger partial charge is 0.303 e. The van der Waals surface area contributed by atoms with E-state index in [-0.39, 0.29) is 12.8 Å². The minimum absolute atomic E-state index is 0.233. The second-order valence-corrected chi connectivity index (χ2v) is 1.21. The second-order valence-electron chi connectivity index (χ2n) is 1.21. The Morgan fingerprint density at radius 1 is 1.50 bits per heavy atom. The van der Waals surface area contributed by atoms with Crippen molar-refractivity contribution < 1.29 is 9.72 Å². The van der Waals surface area contributed by atoms with Crippen molar-refractivity contribution in [2.75, 3.05) is 0 Å². The zero-order valence-electron chi connectivity index (χ0n) is 4.24. The summed E-state index contributed by atoms with van der Waals surface area (Å²) < 4.78 is 0. The van der Waals surface area contributed by atoms with Crippen LogP contribution in [-0.2, 0) is 4.79 Å². The number of nitrogens with zero attached hydrogens (tertiary/aromatic N) is 1. The normalized spacial score (nSPS) is 8.50. The van der Waals surface area contributed by atoms with Crippen LogP contribution < -0.4 is 0 Å². The third-order valence-electron chi connectivity index (χ3n) is 0.563. The van der Waals surface area contributed by atoms with E-state index in [2.05, 4.69) is 0 Å². The van der Waals surface area contributed by atoms with Gasteiger partial charge in [-0.2, -0.15) is 0 Å². The lowest BCUT2D eigenvalue weighted by Gasteiger charge is -1.82. The Labute approximate surface area is 46.6 Å². The zero-order chi connectivity index (χ0) is 6.41. The molecule has 0 aromatic heterocycles. The molecule has 45 valence electrons. The third kappa shape index (κ3) is 5.07. The first kappa shape index (κ1) is 7.07. The van der Waals surface area contributed by atoms with E-state index in [0.717, 1.165) is 6.54 Å². The molecule has 0 unspecified atom stereocenters. The number of unbranched alkanes of at least 4 members (excludes halogenated alkanes) is 1. The van der Waals surface area contributed by atoms with Crippen molar-refractivity contribution in [3.63, 3.8) is 0 Å². The van der Waals surface area contributed by atoms with E-state index in [9.17, 15) is 14.9 Å². The smallest absolute Gasteiger partial charge is 0.279 e. The van der Waals surface area contributed by atoms with Gasteiger partial charge in [-0.1, -0.05) is 0 Å². The van der Waals surface area contributed by atoms with Crippen LogP contribution in [0.5, 0.6) is 0 Å². The Morgan fingerprint density at radius 2 is 2.12 bits per heavy atom. The average molecular weight is 116 g/mol. The van der Waals surface area contributed by atoms with Crippen LogP contribution in [0.25, 0.3) is 0 Å². The van der Waals surface area contributed by atoms with Crippen LogP contribution in [0.2, 0.25) is 0 Å². The summed E-state index contributed by atoms with van der Waals surface area (Å²) in [6, 6.07) is 0. The Bertz CT molecular complexity index is 91.3. The van der Waals surface area contributed by atoms with Crippen molar-refractivity contribution in [3.05, 3.63) is 16.7 Å². The highest BCUT2D eigenvalue weighted by Gasteiger charge is 1.95. The van der Waals surface area contributed by atoms with E-state index >= 15 is 0 Å². The molecule has 0 bridgehead atoms. The first-order valence-electron chi connectivity index (χ1n) is 2.18. The summed E-state index contributed by atoms with van der Waals surface area (Å²) in [5, 5.41) is 9.51. The van der Waals surface area contributed by atoms with Crippen LogP contribution in [0, 0.1) is 16.7 Å². The lowest BCUT2D eigenvalue weighted by Crippen LogP contribution is -1.92. The van der Waals surface area contributed by atoms with Gasteiger partial charge in [0.15, 0.2) is 0 Å². The molecular formula is C4H6NO3. The Kier molecular flexibility index (Phi) is 3.74. The summed E-state index contributed by atoms with van der Waals surface area (Å²) in [5.41, 5.74) is 0. The van der Waals surface area contributed by atoms with Crippen molar-refractivity contribution in [3.8, 4) is 0 Å². The zero-order valence-corrected chi connectivity index (χ0v) is 4.24. The minimum Gasteiger partial charge on any atom is -0.303 e. The van der Waals surface area contributed by atoms with Crippen molar-refractivity contribution >= 4 is 6.29 Å². The molecule has 0 aromatic rings. The Morgan fingerprint density at radius 3 is 2.50 bits per heavy atom. The van der Waals surface area contributed by atoms with Gasteiger partial charge in [0.1, 0.15) is 6.29 Å². The van der Waals surface area contributed by atoms with Gasteiger partial charge < -0.3 is 4.79 Å². The van der Waals surface area contributed by atoms with Gasteiger partial charge in [-0.05, 0) is 0 Å². The highest BCUT2D eigenvalue weighted by atomic mass is 16.6. The van der Waals surface area contributed by atoms with Gasteiger partial charge in [0.25, 0.3) is 6.54 Å². The number of carbonyl (C=O) groups is 1. The molecule has 0 saturated heterocycles. The molecule has 4 nitrogen and oxygen atoms in total. The molecule has 0 atom stereocenters. The molecular weight excluding hydrogens is 110 g/mol. The quantitative estimate of drug-likeness (QED) is 0.231. The first-order valence-corrected chi connectivity index (χ1v) is 2.18. The fourth-order valence-electron chi connectivity index (χ4n) is 0.248. The van der Waals surface area contributed by atoms with Crippen molar-refractivity contribution in [2.24, 2.45) is 0 Å². The molecule has 0 heterocycles. The van der Waals surface area contributed by atoms with Gasteiger partial charge in [-0.25, -0.2) is 0 Å². The van der Waals surface area contributed by atoms with Gasteiger partial charge in [0.05, 0.1) is 0 Å². The molecule has 0 aliphatic heterocycles. The van der Waals surface area contributed by atoms with E-state index in [1.54, 1.807) is 0 Å². The van der Waals surface area contributed by atoms with Crippen LogP contribution in [0.1, 0.15) is 12.8 Å². The highest BCUT2D eigenvalue weighted by molar-refractivity contribution is 5.49. The highest BCUT2D eigenvalue weighted by Crippen LogP contribution is 1.89. The predicted octanol–water partition coefficient (Wildman–Crippen LogP) is 0.404. The number of hydrogen-bond acceptors (Lipinski definition) is 3. The van der Waals surface area contributed by atoms with Crippen LogP contribution in [0.15, 0.2) is 0 Å². The lowest BCUT2D eigenvalue weighted by atomic mass is 10.3. The van der Waals surface area contributed by atoms with Gasteiger partial charge in [-0.3, -0.25) is 10.1 Å². The predicted molar refractivity (Wildman–Crippen MR) is 26.6 cm³/mol. The summed E-state index contributed by atoms with van der Waals surface area (Å²) >= 11 is 0. The molecule has 0 spiro atoms. The summed E-state index contributed by atoms with van der Waals surface area (Å²) in [5.74, 6) is 0. The van der Waals surface area contributed by atoms with Gasteiger partial charge >= 0.3 is 0 Å². The maximum Gasteiger partial charge on any atom is 0.279 e. The first-order chi connectivity index (χ1) is 3.77. The van der Waals surface area contributed by atoms with Gasteiger partial charge in [-0.15, -0.1) is 0 Å². The van der Waals surface area contributed by atoms with Crippen molar-refractivity contribution in [1.29, 1.82) is 0 Å². The summed E-state index contributed by atoms with van der Waals surface area (Å²) in [6.45, 7) is 0.869. The number of carbonyl (C=O) groups excluding carboxylic acids is 1. The molecule has 0 rings (SSSR count). The maximum atomic E-state index is 9.54. The van der Waals surface area contributed by atoms with E-state index in [1.165, 1.54) is 0 Å². The van der Waals surface area contributed by atoms with Gasteiger partial charge in [0.2, 0.25) is 0 Å². The molecule has 0 N–H and O–H groups in total. The average Bonchev–Trinajstić information content (AvgIpc) is 1.66. The number of aldehydes is 1. The molecule has 0 amide bonds. The van der Waals surface area contributed by atoms with Crippen LogP contribution in [-0.4, -0.2) is 11.2 Å². The molecule has 0 aliphatic rings. The van der Waals surface area contributed by atoms with Crippen molar-refractivity contribution in [1.82, 2.24) is 0 Å². The molecule has 4 heteroatoms. The van der Waals surface area contributed by atoms with E-state index in [1.807, 2.05) is 0 Å². The SMILES string of the molecule is O=CCC[CH][N+](=O)[O-]. The van der Waals surface area contributed by atoms with E-state index in [0.29, 0.717) is 6.29 Å². The summed E-state index contributed by atoms with van der Waals surface area (Å²) in [7, 11) is 0. The topological polar surface area (TPSA) is 60.2 Å². The lowest BCUT2D eigenvalue weighted by molar-refractivity contribution is -0.437. The van der Waals surface area contributed by atoms with Crippen molar-refractivity contribution in [2.45, 2.75) is 12.8 Å². The molecule has 0 aliphatic carbocycles. The molecule has 8 heavy (non-hydrogen) atoms. The fraction of sp³-hybridized carbons (Fsp3) is 0.500. The van der Waals surface area contributed by atoms with Gasteiger partial charge in [0, 0.05) is 17.8 Å². The molecule has 0 saturated carbocycles. The molecule has 0 fully saturated rings. The van der Waals surface area contributed by atoms with Crippen LogP contribution >= 0.6 is 0 Å². The fourth-order valence-corrected chi connectivity index (χ4v) is 0.248. The number of rotatable bonds is 4. The monoisotopic (exact) mass is 116 g/mol. The number of nitro groups is 1. The van der Waals surface area contributed by atoms with E-state index < -0.39 is 4.92 Å². The minimum atomic E-state index is -0.552. The van der Waals surface area contributed by atoms with E-state index in [4.69, 9.17) is 0 Å². The summed E-state index contributed by atoms with van der Waals surface area (Å²) in [6.07, 6.45) is 1.12. The van der Waals surface area contributed by atoms with Crippen LogP contribution in [0.4, 0.5) is 0 Å². The third-order valence-corrected chi connectivity index (χ3v) is 0.563.